The zero-order valence-electron chi connectivity index (χ0n) is 9.27. The third-order valence-electron chi connectivity index (χ3n) is 2.53. The molecule has 3 N–H and O–H groups in total. The molecular weight excluding hydrogens is 198 g/mol. The smallest absolute Gasteiger partial charge is 0.188 e. The molecule has 0 amide bonds. The Hall–Kier alpha value is -2.03. The van der Waals surface area contributed by atoms with E-state index in [0.29, 0.717) is 12.5 Å². The number of fused-ring (bicyclic) bond motifs is 1. The molecule has 0 spiro atoms. The van der Waals surface area contributed by atoms with Crippen molar-refractivity contribution in [3.63, 3.8) is 0 Å². The van der Waals surface area contributed by atoms with Crippen LogP contribution in [0.4, 0.5) is 0 Å². The van der Waals surface area contributed by atoms with Crippen molar-refractivity contribution < 1.29 is 0 Å². The molecule has 0 aliphatic heterocycles. The number of nitrogens with two attached hydrogens (primary N) is 1. The number of benzene rings is 2. The van der Waals surface area contributed by atoms with Crippen LogP contribution in [-0.4, -0.2) is 13.0 Å². The summed E-state index contributed by atoms with van der Waals surface area (Å²) in [6.07, 6.45) is 0. The molecule has 0 heterocycles. The zero-order valence-corrected chi connectivity index (χ0v) is 9.27. The Labute approximate surface area is 95.0 Å². The number of nitrogens with zero attached hydrogens (tertiary/aromatic N) is 1. The normalized spacial score (nSPS) is 11.7. The molecule has 0 fully saturated rings. The van der Waals surface area contributed by atoms with Crippen LogP contribution in [-0.2, 0) is 6.54 Å². The van der Waals surface area contributed by atoms with Gasteiger partial charge in [-0.15, -0.1) is 0 Å². The molecule has 3 heteroatoms. The van der Waals surface area contributed by atoms with Crippen molar-refractivity contribution >= 4 is 16.7 Å². The first-order chi connectivity index (χ1) is 7.79. The van der Waals surface area contributed by atoms with E-state index < -0.39 is 0 Å². The fourth-order valence-corrected chi connectivity index (χ4v) is 1.62. The fourth-order valence-electron chi connectivity index (χ4n) is 1.62. The predicted octanol–water partition coefficient (Wildman–Crippen LogP) is 1.87. The standard InChI is InChI=1S/C13H15N3/c1-15-13(14)16-9-10-6-7-11-4-2-3-5-12(11)8-10/h2-8H,9H2,1H3,(H3,14,15,16). The topological polar surface area (TPSA) is 50.4 Å². The summed E-state index contributed by atoms with van der Waals surface area (Å²) in [5.74, 6) is 0.466. The largest absolute Gasteiger partial charge is 0.370 e. The molecule has 0 aliphatic rings. The summed E-state index contributed by atoms with van der Waals surface area (Å²) in [7, 11) is 1.67. The lowest BCUT2D eigenvalue weighted by atomic mass is 10.1. The first-order valence-corrected chi connectivity index (χ1v) is 5.23. The van der Waals surface area contributed by atoms with Crippen molar-refractivity contribution in [1.29, 1.82) is 0 Å². The quantitative estimate of drug-likeness (QED) is 0.591. The Kier molecular flexibility index (Phi) is 3.05. The first kappa shape index (κ1) is 10.5. The summed E-state index contributed by atoms with van der Waals surface area (Å²) in [6.45, 7) is 0.702. The fraction of sp³-hybridized carbons (Fsp3) is 0.154. The van der Waals surface area contributed by atoms with E-state index in [0.717, 1.165) is 0 Å². The highest BCUT2D eigenvalue weighted by Gasteiger charge is 1.96. The minimum Gasteiger partial charge on any atom is -0.370 e. The maximum Gasteiger partial charge on any atom is 0.188 e. The second-order valence-corrected chi connectivity index (χ2v) is 3.64. The van der Waals surface area contributed by atoms with Gasteiger partial charge in [-0.3, -0.25) is 4.99 Å². The summed E-state index contributed by atoms with van der Waals surface area (Å²) in [4.78, 5) is 3.85. The van der Waals surface area contributed by atoms with Gasteiger partial charge in [0.1, 0.15) is 0 Å². The van der Waals surface area contributed by atoms with E-state index in [4.69, 9.17) is 5.73 Å². The van der Waals surface area contributed by atoms with E-state index in [9.17, 15) is 0 Å². The highest BCUT2D eigenvalue weighted by Crippen LogP contribution is 2.15. The molecule has 0 saturated carbocycles. The molecule has 2 aromatic carbocycles. The molecule has 2 rings (SSSR count). The van der Waals surface area contributed by atoms with Crippen LogP contribution in [0.25, 0.3) is 10.8 Å². The first-order valence-electron chi connectivity index (χ1n) is 5.23. The van der Waals surface area contributed by atoms with Crippen molar-refractivity contribution in [1.82, 2.24) is 5.32 Å². The minimum atomic E-state index is 0.466. The van der Waals surface area contributed by atoms with Gasteiger partial charge in [0, 0.05) is 13.6 Å². The molecular formula is C13H15N3. The van der Waals surface area contributed by atoms with Gasteiger partial charge in [-0.1, -0.05) is 36.4 Å². The lowest BCUT2D eigenvalue weighted by Crippen LogP contribution is -2.30. The number of hydrogen-bond acceptors (Lipinski definition) is 1. The van der Waals surface area contributed by atoms with Crippen molar-refractivity contribution in [2.45, 2.75) is 6.54 Å². The maximum atomic E-state index is 5.57. The van der Waals surface area contributed by atoms with Crippen molar-refractivity contribution in [3.05, 3.63) is 48.0 Å². The molecule has 0 aliphatic carbocycles. The van der Waals surface area contributed by atoms with Gasteiger partial charge in [0.05, 0.1) is 0 Å². The molecule has 16 heavy (non-hydrogen) atoms. The molecule has 2 aromatic rings. The Morgan fingerprint density at radius 1 is 1.19 bits per heavy atom. The number of rotatable bonds is 2. The molecule has 0 atom stereocenters. The number of nitrogens with one attached hydrogen (secondary N) is 1. The summed E-state index contributed by atoms with van der Waals surface area (Å²) >= 11 is 0. The van der Waals surface area contributed by atoms with E-state index in [1.165, 1.54) is 16.3 Å². The van der Waals surface area contributed by atoms with Crippen LogP contribution < -0.4 is 11.1 Å². The molecule has 0 unspecified atom stereocenters. The van der Waals surface area contributed by atoms with Gasteiger partial charge >= 0.3 is 0 Å². The summed E-state index contributed by atoms with van der Waals surface area (Å²) < 4.78 is 0. The summed E-state index contributed by atoms with van der Waals surface area (Å²) in [5, 5.41) is 5.54. The van der Waals surface area contributed by atoms with Crippen molar-refractivity contribution in [2.24, 2.45) is 10.7 Å². The molecule has 0 aromatic heterocycles. The number of aliphatic imine (C=N–C) groups is 1. The molecule has 0 saturated heterocycles. The van der Waals surface area contributed by atoms with Crippen molar-refractivity contribution in [3.8, 4) is 0 Å². The van der Waals surface area contributed by atoms with Crippen LogP contribution in [0.5, 0.6) is 0 Å². The Morgan fingerprint density at radius 3 is 2.69 bits per heavy atom. The van der Waals surface area contributed by atoms with Crippen LogP contribution in [0.1, 0.15) is 5.56 Å². The number of hydrogen-bond donors (Lipinski definition) is 2. The van der Waals surface area contributed by atoms with E-state index in [-0.39, 0.29) is 0 Å². The Balaban J connectivity index is 2.20. The van der Waals surface area contributed by atoms with Crippen LogP contribution in [0.15, 0.2) is 47.5 Å². The predicted molar refractivity (Wildman–Crippen MR) is 68.3 cm³/mol. The second-order valence-electron chi connectivity index (χ2n) is 3.64. The van der Waals surface area contributed by atoms with Gasteiger partial charge in [-0.05, 0) is 22.4 Å². The molecule has 82 valence electrons. The lowest BCUT2D eigenvalue weighted by Gasteiger charge is -2.06. The molecule has 0 bridgehead atoms. The van der Waals surface area contributed by atoms with Gasteiger partial charge in [-0.2, -0.15) is 0 Å². The summed E-state index contributed by atoms with van der Waals surface area (Å²) in [5.41, 5.74) is 6.77. The van der Waals surface area contributed by atoms with E-state index >= 15 is 0 Å². The van der Waals surface area contributed by atoms with Gasteiger partial charge < -0.3 is 11.1 Å². The average molecular weight is 213 g/mol. The monoisotopic (exact) mass is 213 g/mol. The van der Waals surface area contributed by atoms with E-state index in [1.54, 1.807) is 7.05 Å². The zero-order chi connectivity index (χ0) is 11.4. The third-order valence-corrected chi connectivity index (χ3v) is 2.53. The number of guanidine groups is 1. The van der Waals surface area contributed by atoms with E-state index in [1.807, 2.05) is 12.1 Å². The average Bonchev–Trinajstić information content (AvgIpc) is 2.35. The van der Waals surface area contributed by atoms with Gasteiger partial charge in [0.2, 0.25) is 0 Å². The maximum absolute atomic E-state index is 5.57. The highest BCUT2D eigenvalue weighted by atomic mass is 15.1. The van der Waals surface area contributed by atoms with Crippen LogP contribution in [0.2, 0.25) is 0 Å². The van der Waals surface area contributed by atoms with Gasteiger partial charge in [-0.25, -0.2) is 0 Å². The van der Waals surface area contributed by atoms with Gasteiger partial charge in [0.25, 0.3) is 0 Å². The Bertz CT molecular complexity index is 517. The van der Waals surface area contributed by atoms with Gasteiger partial charge in [0.15, 0.2) is 5.96 Å². The molecule has 0 radical (unpaired) electrons. The van der Waals surface area contributed by atoms with Crippen LogP contribution >= 0.6 is 0 Å². The van der Waals surface area contributed by atoms with Crippen LogP contribution in [0.3, 0.4) is 0 Å². The SMILES string of the molecule is CN=C(N)NCc1ccc2ccccc2c1. The third kappa shape index (κ3) is 2.31. The van der Waals surface area contributed by atoms with E-state index in [2.05, 4.69) is 40.6 Å². The Morgan fingerprint density at radius 2 is 1.94 bits per heavy atom. The van der Waals surface area contributed by atoms with Crippen LogP contribution in [0, 0.1) is 0 Å². The second kappa shape index (κ2) is 4.66. The highest BCUT2D eigenvalue weighted by molar-refractivity contribution is 5.83. The van der Waals surface area contributed by atoms with Crippen molar-refractivity contribution in [2.75, 3.05) is 7.05 Å². The summed E-state index contributed by atoms with van der Waals surface area (Å²) in [6, 6.07) is 14.7. The molecule has 3 nitrogen and oxygen atoms in total. The minimum absolute atomic E-state index is 0.466. The lowest BCUT2D eigenvalue weighted by molar-refractivity contribution is 0.902.